The standard InChI is InChI=1S/C19H28N2O2/c1-13(22)20-17(14-7-5-6-8-14)18(23)21-16-11-9-15(10-12-16)19(2,3)4/h9-12,14,17H,5-8H2,1-4H3,(H,20,22)(H,21,23). The van der Waals surface area contributed by atoms with Gasteiger partial charge in [0.25, 0.3) is 0 Å². The maximum atomic E-state index is 12.6. The number of hydrogen-bond donors (Lipinski definition) is 2. The Bertz CT molecular complexity index is 552. The summed E-state index contributed by atoms with van der Waals surface area (Å²) in [6.07, 6.45) is 4.27. The maximum Gasteiger partial charge on any atom is 0.247 e. The van der Waals surface area contributed by atoms with Crippen LogP contribution in [0.5, 0.6) is 0 Å². The molecule has 1 aromatic carbocycles. The van der Waals surface area contributed by atoms with E-state index in [4.69, 9.17) is 0 Å². The van der Waals surface area contributed by atoms with E-state index in [-0.39, 0.29) is 23.1 Å². The molecular formula is C19H28N2O2. The molecule has 0 aliphatic heterocycles. The molecule has 1 aliphatic carbocycles. The zero-order chi connectivity index (χ0) is 17.0. The molecule has 0 radical (unpaired) electrons. The molecule has 0 aromatic heterocycles. The third-order valence-corrected chi connectivity index (χ3v) is 4.53. The highest BCUT2D eigenvalue weighted by atomic mass is 16.2. The fraction of sp³-hybridized carbons (Fsp3) is 0.579. The van der Waals surface area contributed by atoms with Crippen molar-refractivity contribution in [3.05, 3.63) is 29.8 Å². The molecule has 1 aliphatic rings. The average Bonchev–Trinajstić information content (AvgIpc) is 2.98. The van der Waals surface area contributed by atoms with E-state index in [1.807, 2.05) is 24.3 Å². The van der Waals surface area contributed by atoms with Crippen molar-refractivity contribution in [1.82, 2.24) is 5.32 Å². The molecule has 1 aromatic rings. The minimum absolute atomic E-state index is 0.0884. The van der Waals surface area contributed by atoms with Crippen molar-refractivity contribution in [2.75, 3.05) is 5.32 Å². The number of carbonyl (C=O) groups excluding carboxylic acids is 2. The summed E-state index contributed by atoms with van der Waals surface area (Å²) in [5.74, 6) is -0.0245. The summed E-state index contributed by atoms with van der Waals surface area (Å²) >= 11 is 0. The van der Waals surface area contributed by atoms with E-state index in [1.54, 1.807) is 0 Å². The van der Waals surface area contributed by atoms with Crippen LogP contribution in [0.2, 0.25) is 0 Å². The Balaban J connectivity index is 2.06. The van der Waals surface area contributed by atoms with Crippen molar-refractivity contribution in [2.45, 2.75) is 64.8 Å². The van der Waals surface area contributed by atoms with E-state index < -0.39 is 6.04 Å². The summed E-state index contributed by atoms with van der Waals surface area (Å²) in [5, 5.41) is 5.78. The van der Waals surface area contributed by atoms with Gasteiger partial charge in [-0.05, 0) is 41.9 Å². The van der Waals surface area contributed by atoms with E-state index in [9.17, 15) is 9.59 Å². The van der Waals surface area contributed by atoms with Crippen LogP contribution in [-0.4, -0.2) is 17.9 Å². The van der Waals surface area contributed by atoms with Gasteiger partial charge in [-0.1, -0.05) is 45.7 Å². The van der Waals surface area contributed by atoms with Crippen molar-refractivity contribution in [3.63, 3.8) is 0 Å². The Hall–Kier alpha value is -1.84. The van der Waals surface area contributed by atoms with Crippen LogP contribution in [0.3, 0.4) is 0 Å². The fourth-order valence-corrected chi connectivity index (χ4v) is 3.18. The lowest BCUT2D eigenvalue weighted by Crippen LogP contribution is -2.47. The summed E-state index contributed by atoms with van der Waals surface area (Å²) in [5.41, 5.74) is 2.09. The summed E-state index contributed by atoms with van der Waals surface area (Å²) in [4.78, 5) is 24.0. The van der Waals surface area contributed by atoms with Crippen molar-refractivity contribution >= 4 is 17.5 Å². The molecular weight excluding hydrogens is 288 g/mol. The molecule has 4 heteroatoms. The van der Waals surface area contributed by atoms with E-state index in [2.05, 4.69) is 31.4 Å². The molecule has 2 N–H and O–H groups in total. The van der Waals surface area contributed by atoms with Gasteiger partial charge in [0.05, 0.1) is 0 Å². The third kappa shape index (κ3) is 4.81. The number of carbonyl (C=O) groups is 2. The largest absolute Gasteiger partial charge is 0.344 e. The van der Waals surface area contributed by atoms with Crippen molar-refractivity contribution in [2.24, 2.45) is 5.92 Å². The van der Waals surface area contributed by atoms with E-state index >= 15 is 0 Å². The highest BCUT2D eigenvalue weighted by molar-refractivity contribution is 5.97. The molecule has 23 heavy (non-hydrogen) atoms. The smallest absolute Gasteiger partial charge is 0.247 e. The summed E-state index contributed by atoms with van der Waals surface area (Å²) < 4.78 is 0. The number of benzene rings is 1. The lowest BCUT2D eigenvalue weighted by atomic mass is 9.87. The topological polar surface area (TPSA) is 58.2 Å². The van der Waals surface area contributed by atoms with Gasteiger partial charge in [0.15, 0.2) is 0 Å². The number of anilines is 1. The van der Waals surface area contributed by atoms with Gasteiger partial charge < -0.3 is 10.6 Å². The van der Waals surface area contributed by atoms with Gasteiger partial charge in [-0.25, -0.2) is 0 Å². The van der Waals surface area contributed by atoms with Crippen molar-refractivity contribution in [3.8, 4) is 0 Å². The van der Waals surface area contributed by atoms with Crippen LogP contribution < -0.4 is 10.6 Å². The van der Waals surface area contributed by atoms with Gasteiger partial charge in [0, 0.05) is 12.6 Å². The summed E-state index contributed by atoms with van der Waals surface area (Å²) in [6, 6.07) is 7.50. The first-order valence-corrected chi connectivity index (χ1v) is 8.46. The second-order valence-corrected chi connectivity index (χ2v) is 7.54. The van der Waals surface area contributed by atoms with Crippen LogP contribution in [0, 0.1) is 5.92 Å². The number of rotatable bonds is 4. The normalized spacial score (nSPS) is 16.9. The number of amides is 2. The van der Waals surface area contributed by atoms with Crippen LogP contribution >= 0.6 is 0 Å². The molecule has 1 unspecified atom stereocenters. The van der Waals surface area contributed by atoms with Gasteiger partial charge in [-0.15, -0.1) is 0 Å². The van der Waals surface area contributed by atoms with E-state index in [0.717, 1.165) is 31.4 Å². The molecule has 126 valence electrons. The first-order chi connectivity index (χ1) is 10.8. The Morgan fingerprint density at radius 2 is 1.65 bits per heavy atom. The van der Waals surface area contributed by atoms with Crippen LogP contribution in [0.4, 0.5) is 5.69 Å². The van der Waals surface area contributed by atoms with E-state index in [0.29, 0.717) is 0 Å². The van der Waals surface area contributed by atoms with Gasteiger partial charge >= 0.3 is 0 Å². The van der Waals surface area contributed by atoms with Gasteiger partial charge in [-0.3, -0.25) is 9.59 Å². The van der Waals surface area contributed by atoms with Gasteiger partial charge in [-0.2, -0.15) is 0 Å². The maximum absolute atomic E-state index is 12.6. The minimum Gasteiger partial charge on any atom is -0.344 e. The number of hydrogen-bond acceptors (Lipinski definition) is 2. The van der Waals surface area contributed by atoms with Gasteiger partial charge in [0.2, 0.25) is 11.8 Å². The second-order valence-electron chi connectivity index (χ2n) is 7.54. The first kappa shape index (κ1) is 17.5. The molecule has 0 heterocycles. The predicted molar refractivity (Wildman–Crippen MR) is 93.3 cm³/mol. The Kier molecular flexibility index (Phi) is 5.45. The zero-order valence-electron chi connectivity index (χ0n) is 14.6. The molecule has 2 rings (SSSR count). The van der Waals surface area contributed by atoms with Crippen LogP contribution in [-0.2, 0) is 15.0 Å². The minimum atomic E-state index is -0.433. The summed E-state index contributed by atoms with van der Waals surface area (Å²) in [7, 11) is 0. The first-order valence-electron chi connectivity index (χ1n) is 8.46. The van der Waals surface area contributed by atoms with Crippen LogP contribution in [0.25, 0.3) is 0 Å². The van der Waals surface area contributed by atoms with Crippen molar-refractivity contribution in [1.29, 1.82) is 0 Å². The Labute approximate surface area is 139 Å². The lowest BCUT2D eigenvalue weighted by Gasteiger charge is -2.24. The predicted octanol–water partition coefficient (Wildman–Crippen LogP) is 3.62. The fourth-order valence-electron chi connectivity index (χ4n) is 3.18. The van der Waals surface area contributed by atoms with Crippen LogP contribution in [0.1, 0.15) is 58.9 Å². The Morgan fingerprint density at radius 1 is 1.09 bits per heavy atom. The molecule has 1 fully saturated rings. The molecule has 1 saturated carbocycles. The molecule has 0 saturated heterocycles. The lowest BCUT2D eigenvalue weighted by molar-refractivity contribution is -0.126. The molecule has 1 atom stereocenters. The number of nitrogens with one attached hydrogen (secondary N) is 2. The summed E-state index contributed by atoms with van der Waals surface area (Å²) in [6.45, 7) is 7.95. The Morgan fingerprint density at radius 3 is 2.13 bits per heavy atom. The molecule has 0 spiro atoms. The molecule has 0 bridgehead atoms. The quantitative estimate of drug-likeness (QED) is 0.891. The molecule has 2 amide bonds. The third-order valence-electron chi connectivity index (χ3n) is 4.53. The highest BCUT2D eigenvalue weighted by Crippen LogP contribution is 2.29. The highest BCUT2D eigenvalue weighted by Gasteiger charge is 2.31. The van der Waals surface area contributed by atoms with E-state index in [1.165, 1.54) is 12.5 Å². The van der Waals surface area contributed by atoms with Crippen molar-refractivity contribution < 1.29 is 9.59 Å². The second kappa shape index (κ2) is 7.16. The SMILES string of the molecule is CC(=O)NC(C(=O)Nc1ccc(C(C)(C)C)cc1)C1CCCC1. The monoisotopic (exact) mass is 316 g/mol. The van der Waals surface area contributed by atoms with Crippen LogP contribution in [0.15, 0.2) is 24.3 Å². The molecule has 4 nitrogen and oxygen atoms in total. The average molecular weight is 316 g/mol. The van der Waals surface area contributed by atoms with Gasteiger partial charge in [0.1, 0.15) is 6.04 Å². The zero-order valence-corrected chi connectivity index (χ0v) is 14.6.